The van der Waals surface area contributed by atoms with Crippen LogP contribution in [0.5, 0.6) is 11.5 Å². The van der Waals surface area contributed by atoms with Gasteiger partial charge in [0.2, 0.25) is 5.79 Å². The molecule has 2 saturated heterocycles. The zero-order chi connectivity index (χ0) is 20.1. The molecular weight excluding hydrogens is 382 g/mol. The molecule has 6 nitrogen and oxygen atoms in total. The Balaban J connectivity index is 1.41. The van der Waals surface area contributed by atoms with Crippen LogP contribution in [0.1, 0.15) is 49.7 Å². The summed E-state index contributed by atoms with van der Waals surface area (Å²) in [4.78, 5) is 2.60. The van der Waals surface area contributed by atoms with Crippen LogP contribution in [0.4, 0.5) is 0 Å². The summed E-state index contributed by atoms with van der Waals surface area (Å²) >= 11 is 0. The molecule has 0 radical (unpaired) electrons. The Kier molecular flexibility index (Phi) is 3.60. The highest BCUT2D eigenvalue weighted by molar-refractivity contribution is 5.63. The van der Waals surface area contributed by atoms with E-state index in [2.05, 4.69) is 11.0 Å². The molecule has 4 unspecified atom stereocenters. The molecule has 2 spiro atoms. The molecule has 3 aliphatic carbocycles. The molecule has 30 heavy (non-hydrogen) atoms. The molecule has 1 N–H and O–H groups in total. The van der Waals surface area contributed by atoms with Gasteiger partial charge in [0.25, 0.3) is 0 Å². The second-order valence-corrected chi connectivity index (χ2v) is 10.3. The average molecular weight is 414 g/mol. The van der Waals surface area contributed by atoms with Crippen molar-refractivity contribution in [1.29, 1.82) is 0 Å². The minimum atomic E-state index is -0.829. The zero-order valence-electron chi connectivity index (χ0n) is 17.7. The van der Waals surface area contributed by atoms with Crippen LogP contribution in [-0.2, 0) is 21.3 Å². The second-order valence-electron chi connectivity index (χ2n) is 10.3. The molecule has 3 heterocycles. The van der Waals surface area contributed by atoms with Crippen molar-refractivity contribution in [3.05, 3.63) is 23.3 Å². The van der Waals surface area contributed by atoms with E-state index in [9.17, 15) is 5.11 Å². The summed E-state index contributed by atoms with van der Waals surface area (Å²) in [5, 5.41) is 12.5. The summed E-state index contributed by atoms with van der Waals surface area (Å²) in [6, 6.07) is 4.35. The van der Waals surface area contributed by atoms with Crippen LogP contribution in [0.3, 0.4) is 0 Å². The molecule has 2 bridgehead atoms. The lowest BCUT2D eigenvalue weighted by Gasteiger charge is -2.65. The topological polar surface area (TPSA) is 60.4 Å². The van der Waals surface area contributed by atoms with Gasteiger partial charge >= 0.3 is 0 Å². The van der Waals surface area contributed by atoms with Crippen molar-refractivity contribution in [3.8, 4) is 11.5 Å². The van der Waals surface area contributed by atoms with E-state index in [1.807, 2.05) is 6.07 Å². The van der Waals surface area contributed by atoms with Crippen LogP contribution in [0, 0.1) is 5.92 Å². The third-order valence-electron chi connectivity index (χ3n) is 9.28. The van der Waals surface area contributed by atoms with Crippen LogP contribution in [0.25, 0.3) is 0 Å². The Morgan fingerprint density at radius 2 is 2.00 bits per heavy atom. The number of ether oxygens (including phenoxy) is 4. The minimum Gasteiger partial charge on any atom is -0.493 e. The van der Waals surface area contributed by atoms with Crippen molar-refractivity contribution >= 4 is 0 Å². The maximum atomic E-state index is 12.5. The highest BCUT2D eigenvalue weighted by Gasteiger charge is 2.77. The van der Waals surface area contributed by atoms with Crippen molar-refractivity contribution in [2.24, 2.45) is 5.92 Å². The Morgan fingerprint density at radius 1 is 1.17 bits per heavy atom. The summed E-state index contributed by atoms with van der Waals surface area (Å²) in [5.41, 5.74) is 1.15. The molecular formula is C24H31NO5. The highest BCUT2D eigenvalue weighted by Crippen LogP contribution is 2.68. The number of hydrogen-bond donors (Lipinski definition) is 1. The average Bonchev–Trinajstić information content (AvgIpc) is 3.32. The van der Waals surface area contributed by atoms with Gasteiger partial charge in [-0.05, 0) is 56.2 Å². The van der Waals surface area contributed by atoms with E-state index in [0.717, 1.165) is 43.3 Å². The van der Waals surface area contributed by atoms with Crippen LogP contribution in [-0.4, -0.2) is 67.0 Å². The van der Waals surface area contributed by atoms with Gasteiger partial charge in [-0.3, -0.25) is 4.90 Å². The molecule has 4 fully saturated rings. The molecule has 0 amide bonds. The van der Waals surface area contributed by atoms with Crippen molar-refractivity contribution in [3.63, 3.8) is 0 Å². The Morgan fingerprint density at radius 3 is 2.73 bits per heavy atom. The summed E-state index contributed by atoms with van der Waals surface area (Å²) in [7, 11) is 1.69. The van der Waals surface area contributed by atoms with Gasteiger partial charge in [-0.15, -0.1) is 0 Å². The van der Waals surface area contributed by atoms with E-state index >= 15 is 0 Å². The van der Waals surface area contributed by atoms with Gasteiger partial charge in [0.05, 0.1) is 31.3 Å². The van der Waals surface area contributed by atoms with E-state index in [1.165, 1.54) is 30.4 Å². The van der Waals surface area contributed by atoms with Crippen LogP contribution in [0.15, 0.2) is 12.1 Å². The molecule has 6 aliphatic rings. The first kappa shape index (κ1) is 18.3. The number of rotatable bonds is 3. The summed E-state index contributed by atoms with van der Waals surface area (Å²) in [6.07, 6.45) is 6.81. The Hall–Kier alpha value is -1.34. The quantitative estimate of drug-likeness (QED) is 0.821. The molecule has 162 valence electrons. The Bertz CT molecular complexity index is 894. The highest BCUT2D eigenvalue weighted by atomic mass is 16.8. The predicted molar refractivity (Wildman–Crippen MR) is 109 cm³/mol. The first-order chi connectivity index (χ1) is 14.6. The van der Waals surface area contributed by atoms with Gasteiger partial charge in [0.1, 0.15) is 0 Å². The predicted octanol–water partition coefficient (Wildman–Crippen LogP) is 2.39. The fourth-order valence-corrected chi connectivity index (χ4v) is 7.73. The van der Waals surface area contributed by atoms with Gasteiger partial charge in [-0.2, -0.15) is 0 Å². The van der Waals surface area contributed by atoms with Gasteiger partial charge in [-0.25, -0.2) is 0 Å². The molecule has 1 aromatic rings. The number of fused-ring (bicyclic) bond motifs is 1. The van der Waals surface area contributed by atoms with Crippen molar-refractivity contribution < 1.29 is 24.1 Å². The van der Waals surface area contributed by atoms with E-state index < -0.39 is 16.8 Å². The summed E-state index contributed by atoms with van der Waals surface area (Å²) in [5.74, 6) is 1.60. The number of nitrogens with zero attached hydrogens (tertiary/aromatic N) is 1. The summed E-state index contributed by atoms with van der Waals surface area (Å²) in [6.45, 7) is 3.29. The standard InChI is InChI=1S/C24H31NO5/c1-27-17-6-5-16-13-18-23(26)7-8-24(28-11-12-29-24)21-22(23,19(16)20(17)30-21)9-10-25(18)14-15-3-2-4-15/h5-6,15,18,21,26H,2-4,7-14H2,1H3. The first-order valence-corrected chi connectivity index (χ1v) is 11.7. The number of likely N-dealkylation sites (tertiary alicyclic amines) is 1. The third-order valence-corrected chi connectivity index (χ3v) is 9.28. The Labute approximate surface area is 177 Å². The smallest absolute Gasteiger partial charge is 0.207 e. The van der Waals surface area contributed by atoms with Crippen molar-refractivity contribution in [1.82, 2.24) is 4.90 Å². The fraction of sp³-hybridized carbons (Fsp3) is 0.750. The minimum absolute atomic E-state index is 0.128. The van der Waals surface area contributed by atoms with E-state index in [1.54, 1.807) is 7.11 Å². The molecule has 2 saturated carbocycles. The van der Waals surface area contributed by atoms with Crippen LogP contribution < -0.4 is 9.47 Å². The van der Waals surface area contributed by atoms with Gasteiger partial charge < -0.3 is 24.1 Å². The van der Waals surface area contributed by atoms with Crippen LogP contribution in [0.2, 0.25) is 0 Å². The maximum Gasteiger partial charge on any atom is 0.207 e. The fourth-order valence-electron chi connectivity index (χ4n) is 7.73. The van der Waals surface area contributed by atoms with Gasteiger partial charge in [0.15, 0.2) is 17.6 Å². The third kappa shape index (κ3) is 1.96. The number of aliphatic hydroxyl groups is 1. The van der Waals surface area contributed by atoms with Crippen molar-refractivity contribution in [2.45, 2.75) is 73.9 Å². The monoisotopic (exact) mass is 413 g/mol. The zero-order valence-corrected chi connectivity index (χ0v) is 17.7. The first-order valence-electron chi connectivity index (χ1n) is 11.7. The van der Waals surface area contributed by atoms with E-state index in [-0.39, 0.29) is 12.1 Å². The molecule has 6 heteroatoms. The lowest BCUT2D eigenvalue weighted by Crippen LogP contribution is -2.79. The van der Waals surface area contributed by atoms with Gasteiger partial charge in [-0.1, -0.05) is 12.5 Å². The molecule has 1 aromatic carbocycles. The van der Waals surface area contributed by atoms with Crippen molar-refractivity contribution in [2.75, 3.05) is 33.4 Å². The normalized spacial score (nSPS) is 40.7. The SMILES string of the molecule is COc1ccc2c3c1OC1C4(CCC5(O)C(C2)N(CC2CCC2)CCC315)OCCO4. The van der Waals surface area contributed by atoms with E-state index in [0.29, 0.717) is 26.1 Å². The lowest BCUT2D eigenvalue weighted by atomic mass is 9.48. The second kappa shape index (κ2) is 5.91. The largest absolute Gasteiger partial charge is 0.493 e. The van der Waals surface area contributed by atoms with Crippen LogP contribution >= 0.6 is 0 Å². The number of methoxy groups -OCH3 is 1. The molecule has 7 rings (SSSR count). The molecule has 0 aromatic heterocycles. The number of benzene rings is 1. The number of piperidine rings is 1. The van der Waals surface area contributed by atoms with E-state index in [4.69, 9.17) is 18.9 Å². The molecule has 3 aliphatic heterocycles. The molecule has 4 atom stereocenters. The lowest BCUT2D eigenvalue weighted by molar-refractivity contribution is -0.297. The number of hydrogen-bond acceptors (Lipinski definition) is 6. The summed E-state index contributed by atoms with van der Waals surface area (Å²) < 4.78 is 24.9. The van der Waals surface area contributed by atoms with Gasteiger partial charge in [0, 0.05) is 24.6 Å². The maximum absolute atomic E-state index is 12.5.